The first-order chi connectivity index (χ1) is 13.4. The summed E-state index contributed by atoms with van der Waals surface area (Å²) in [5.74, 6) is 1.17. The molecule has 9 heteroatoms. The second-order valence-corrected chi connectivity index (χ2v) is 10.7. The van der Waals surface area contributed by atoms with Crippen LogP contribution in [0, 0.1) is 17.8 Å². The molecule has 2 atom stereocenters. The van der Waals surface area contributed by atoms with Crippen molar-refractivity contribution >= 4 is 38.7 Å². The number of piperidine rings is 2. The maximum absolute atomic E-state index is 13.1. The topological polar surface area (TPSA) is 83.5 Å². The molecule has 4 rings (SSSR count). The summed E-state index contributed by atoms with van der Waals surface area (Å²) in [5.41, 5.74) is 1.03. The molecule has 1 amide bonds. The standard InChI is InChI=1S/C19H26N4O3S2/c1-13-10-14(2)12-22(11-13)19(24)15-6-8-23(9-7-15)28(25,26)17-5-3-4-16-18(17)21-27-20-16/h3-5,13-15H,6-12H2,1-2H3/t13-,14-/m1/s1. The van der Waals surface area contributed by atoms with Crippen molar-refractivity contribution in [1.29, 1.82) is 0 Å². The first-order valence-corrected chi connectivity index (χ1v) is 12.0. The summed E-state index contributed by atoms with van der Waals surface area (Å²) in [7, 11) is -3.64. The summed E-state index contributed by atoms with van der Waals surface area (Å²) in [6.45, 7) is 6.76. The van der Waals surface area contributed by atoms with Crippen molar-refractivity contribution in [1.82, 2.24) is 18.0 Å². The van der Waals surface area contributed by atoms with Gasteiger partial charge in [-0.05, 0) is 43.2 Å². The van der Waals surface area contributed by atoms with Crippen molar-refractivity contribution in [3.8, 4) is 0 Å². The minimum Gasteiger partial charge on any atom is -0.342 e. The Kier molecular flexibility index (Phi) is 5.41. The Balaban J connectivity index is 1.45. The van der Waals surface area contributed by atoms with Gasteiger partial charge in [-0.2, -0.15) is 13.1 Å². The van der Waals surface area contributed by atoms with Crippen molar-refractivity contribution in [3.63, 3.8) is 0 Å². The van der Waals surface area contributed by atoms with E-state index in [0.717, 1.165) is 31.2 Å². The number of rotatable bonds is 3. The Morgan fingerprint density at radius 2 is 1.79 bits per heavy atom. The number of amides is 1. The fourth-order valence-electron chi connectivity index (χ4n) is 4.57. The van der Waals surface area contributed by atoms with Gasteiger partial charge in [0.1, 0.15) is 15.9 Å². The third-order valence-electron chi connectivity index (χ3n) is 5.85. The molecular formula is C19H26N4O3S2. The van der Waals surface area contributed by atoms with Crippen molar-refractivity contribution in [2.45, 2.75) is 38.0 Å². The Labute approximate surface area is 170 Å². The molecule has 0 spiro atoms. The monoisotopic (exact) mass is 422 g/mol. The van der Waals surface area contributed by atoms with E-state index in [4.69, 9.17) is 0 Å². The normalized spacial score (nSPS) is 25.3. The number of fused-ring (bicyclic) bond motifs is 1. The number of hydrogen-bond acceptors (Lipinski definition) is 6. The summed E-state index contributed by atoms with van der Waals surface area (Å²) in [6.07, 6.45) is 2.31. The zero-order chi connectivity index (χ0) is 19.9. The van der Waals surface area contributed by atoms with E-state index >= 15 is 0 Å². The van der Waals surface area contributed by atoms with Gasteiger partial charge >= 0.3 is 0 Å². The van der Waals surface area contributed by atoms with Gasteiger partial charge in [-0.15, -0.1) is 0 Å². The van der Waals surface area contributed by atoms with Gasteiger partial charge in [0.25, 0.3) is 0 Å². The Bertz CT molecular complexity index is 956. The van der Waals surface area contributed by atoms with Gasteiger partial charge in [0.2, 0.25) is 15.9 Å². The van der Waals surface area contributed by atoms with E-state index in [-0.39, 0.29) is 16.7 Å². The van der Waals surface area contributed by atoms with E-state index in [2.05, 4.69) is 22.6 Å². The van der Waals surface area contributed by atoms with Gasteiger partial charge in [-0.25, -0.2) is 8.42 Å². The molecule has 28 heavy (non-hydrogen) atoms. The molecule has 2 fully saturated rings. The summed E-state index contributed by atoms with van der Waals surface area (Å²) in [6, 6.07) is 5.06. The van der Waals surface area contributed by atoms with Crippen LogP contribution in [0.1, 0.15) is 33.1 Å². The molecule has 2 aliphatic rings. The van der Waals surface area contributed by atoms with Crippen molar-refractivity contribution < 1.29 is 13.2 Å². The molecular weight excluding hydrogens is 396 g/mol. The number of likely N-dealkylation sites (tertiary alicyclic amines) is 1. The summed E-state index contributed by atoms with van der Waals surface area (Å²) in [4.78, 5) is 15.2. The molecule has 152 valence electrons. The minimum atomic E-state index is -3.64. The second kappa shape index (κ2) is 7.68. The predicted octanol–water partition coefficient (Wildman–Crippen LogP) is 2.60. The van der Waals surface area contributed by atoms with Crippen LogP contribution < -0.4 is 0 Å². The lowest BCUT2D eigenvalue weighted by atomic mass is 9.89. The molecule has 0 unspecified atom stereocenters. The average Bonchev–Trinajstić information content (AvgIpc) is 3.15. The highest BCUT2D eigenvalue weighted by atomic mass is 32.2. The van der Waals surface area contributed by atoms with E-state index in [1.807, 2.05) is 4.90 Å². The molecule has 0 radical (unpaired) electrons. The predicted molar refractivity (Wildman–Crippen MR) is 108 cm³/mol. The van der Waals surface area contributed by atoms with E-state index in [9.17, 15) is 13.2 Å². The zero-order valence-corrected chi connectivity index (χ0v) is 17.9. The van der Waals surface area contributed by atoms with Gasteiger partial charge in [0.05, 0.1) is 11.7 Å². The maximum Gasteiger partial charge on any atom is 0.245 e. The van der Waals surface area contributed by atoms with Crippen molar-refractivity contribution in [3.05, 3.63) is 18.2 Å². The van der Waals surface area contributed by atoms with Crippen LogP contribution in [0.15, 0.2) is 23.1 Å². The molecule has 0 bridgehead atoms. The zero-order valence-electron chi connectivity index (χ0n) is 16.2. The van der Waals surface area contributed by atoms with Crippen molar-refractivity contribution in [2.24, 2.45) is 17.8 Å². The number of nitrogens with zero attached hydrogens (tertiary/aromatic N) is 4. The quantitative estimate of drug-likeness (QED) is 0.759. The van der Waals surface area contributed by atoms with Crippen LogP contribution >= 0.6 is 11.7 Å². The van der Waals surface area contributed by atoms with Crippen molar-refractivity contribution in [2.75, 3.05) is 26.2 Å². The fraction of sp³-hybridized carbons (Fsp3) is 0.632. The fourth-order valence-corrected chi connectivity index (χ4v) is 6.80. The highest BCUT2D eigenvalue weighted by Crippen LogP contribution is 2.30. The van der Waals surface area contributed by atoms with Crippen LogP contribution in [0.4, 0.5) is 0 Å². The molecule has 2 saturated heterocycles. The molecule has 0 aliphatic carbocycles. The van der Waals surface area contributed by atoms with Crippen LogP contribution in [0.2, 0.25) is 0 Å². The second-order valence-electron chi connectivity index (χ2n) is 8.26. The maximum atomic E-state index is 13.1. The summed E-state index contributed by atoms with van der Waals surface area (Å²) in [5, 5.41) is 0. The molecule has 1 aromatic heterocycles. The minimum absolute atomic E-state index is 0.0827. The number of carbonyl (C=O) groups excluding carboxylic acids is 1. The number of hydrogen-bond donors (Lipinski definition) is 0. The molecule has 1 aromatic carbocycles. The Hall–Kier alpha value is -1.58. The summed E-state index contributed by atoms with van der Waals surface area (Å²) >= 11 is 1.02. The van der Waals surface area contributed by atoms with Crippen LogP contribution in [0.3, 0.4) is 0 Å². The Morgan fingerprint density at radius 3 is 2.46 bits per heavy atom. The van der Waals surface area contributed by atoms with Crippen LogP contribution in [-0.4, -0.2) is 58.5 Å². The molecule has 0 N–H and O–H groups in total. The van der Waals surface area contributed by atoms with E-state index in [1.165, 1.54) is 4.31 Å². The molecule has 2 aliphatic heterocycles. The lowest BCUT2D eigenvalue weighted by molar-refractivity contribution is -0.139. The highest BCUT2D eigenvalue weighted by Gasteiger charge is 2.36. The van der Waals surface area contributed by atoms with Gasteiger partial charge < -0.3 is 4.90 Å². The molecule has 7 nitrogen and oxygen atoms in total. The summed E-state index contributed by atoms with van der Waals surface area (Å²) < 4.78 is 36.1. The molecule has 2 aromatic rings. The van der Waals surface area contributed by atoms with Crippen LogP contribution in [0.25, 0.3) is 11.0 Å². The number of benzene rings is 1. The lowest BCUT2D eigenvalue weighted by Gasteiger charge is -2.39. The average molecular weight is 423 g/mol. The first kappa shape index (κ1) is 19.7. The number of aromatic nitrogens is 2. The first-order valence-electron chi connectivity index (χ1n) is 9.86. The van der Waals surface area contributed by atoms with E-state index in [0.29, 0.717) is 48.8 Å². The van der Waals surface area contributed by atoms with Gasteiger partial charge in [0, 0.05) is 32.1 Å². The molecule has 0 saturated carbocycles. The van der Waals surface area contributed by atoms with E-state index in [1.54, 1.807) is 18.2 Å². The Morgan fingerprint density at radius 1 is 1.11 bits per heavy atom. The largest absolute Gasteiger partial charge is 0.342 e. The number of sulfonamides is 1. The lowest BCUT2D eigenvalue weighted by Crippen LogP contribution is -2.48. The van der Waals surface area contributed by atoms with Crippen LogP contribution in [0.5, 0.6) is 0 Å². The third-order valence-corrected chi connectivity index (χ3v) is 8.32. The SMILES string of the molecule is C[C@@H]1C[C@@H](C)CN(C(=O)C2CCN(S(=O)(=O)c3cccc4nsnc34)CC2)C1. The third kappa shape index (κ3) is 3.67. The van der Waals surface area contributed by atoms with Gasteiger partial charge in [-0.3, -0.25) is 4.79 Å². The van der Waals surface area contributed by atoms with E-state index < -0.39 is 10.0 Å². The van der Waals surface area contributed by atoms with Gasteiger partial charge in [-0.1, -0.05) is 19.9 Å². The number of carbonyl (C=O) groups is 1. The van der Waals surface area contributed by atoms with Gasteiger partial charge in [0.15, 0.2) is 0 Å². The van der Waals surface area contributed by atoms with Crippen LogP contribution in [-0.2, 0) is 14.8 Å². The smallest absolute Gasteiger partial charge is 0.245 e. The molecule has 3 heterocycles. The highest BCUT2D eigenvalue weighted by molar-refractivity contribution is 7.89.